The molecule has 2 N–H and O–H groups in total. The molecule has 1 heterocycles. The summed E-state index contributed by atoms with van der Waals surface area (Å²) in [7, 11) is 0. The normalized spacial score (nSPS) is 19.0. The lowest BCUT2D eigenvalue weighted by molar-refractivity contribution is -0.162. The molecule has 0 saturated carbocycles. The number of hydrogen-bond donors (Lipinski definition) is 1. The molecule has 0 aromatic heterocycles. The number of nitrogens with two attached hydrogens (primary N) is 1. The van der Waals surface area contributed by atoms with E-state index in [1.165, 1.54) is 13.8 Å². The third-order valence-corrected chi connectivity index (χ3v) is 5.62. The topological polar surface area (TPSA) is 67.9 Å². The summed E-state index contributed by atoms with van der Waals surface area (Å²) in [5.74, 6) is -4.77. The van der Waals surface area contributed by atoms with Crippen molar-refractivity contribution in [2.45, 2.75) is 45.8 Å². The Morgan fingerprint density at radius 3 is 2.47 bits per heavy atom. The van der Waals surface area contributed by atoms with Gasteiger partial charge in [-0.1, -0.05) is 13.3 Å². The van der Waals surface area contributed by atoms with E-state index in [-0.39, 0.29) is 29.1 Å². The zero-order valence-corrected chi connectivity index (χ0v) is 18.1. The van der Waals surface area contributed by atoms with Gasteiger partial charge in [-0.2, -0.15) is 5.01 Å². The van der Waals surface area contributed by atoms with Crippen LogP contribution in [0.25, 0.3) is 0 Å². The Hall–Kier alpha value is -2.94. The van der Waals surface area contributed by atoms with Gasteiger partial charge in [0.1, 0.15) is 23.3 Å². The Morgan fingerprint density at radius 1 is 1.12 bits per heavy atom. The molecule has 5 nitrogen and oxygen atoms in total. The van der Waals surface area contributed by atoms with Crippen LogP contribution in [-0.4, -0.2) is 23.4 Å². The van der Waals surface area contributed by atoms with E-state index in [4.69, 9.17) is 10.5 Å². The maximum Gasteiger partial charge on any atom is 0.244 e. The van der Waals surface area contributed by atoms with Crippen LogP contribution >= 0.6 is 0 Å². The highest BCUT2D eigenvalue weighted by Crippen LogP contribution is 2.47. The molecule has 0 spiro atoms. The molecule has 2 aromatic rings. The Morgan fingerprint density at radius 2 is 1.84 bits per heavy atom. The van der Waals surface area contributed by atoms with E-state index in [1.807, 2.05) is 6.92 Å². The van der Waals surface area contributed by atoms with Gasteiger partial charge in [-0.3, -0.25) is 4.79 Å². The van der Waals surface area contributed by atoms with Gasteiger partial charge in [0.25, 0.3) is 0 Å². The van der Waals surface area contributed by atoms with Crippen molar-refractivity contribution < 1.29 is 27.1 Å². The quantitative estimate of drug-likeness (QED) is 0.620. The lowest BCUT2D eigenvalue weighted by Crippen LogP contribution is -2.51. The highest BCUT2D eigenvalue weighted by molar-refractivity contribution is 5.97. The van der Waals surface area contributed by atoms with Gasteiger partial charge in [-0.25, -0.2) is 17.6 Å². The number of rotatable bonds is 7. The molecule has 1 amide bonds. The Kier molecular flexibility index (Phi) is 6.88. The number of amides is 1. The first kappa shape index (κ1) is 23.7. The van der Waals surface area contributed by atoms with Crippen molar-refractivity contribution in [2.24, 2.45) is 16.8 Å². The van der Waals surface area contributed by atoms with Crippen molar-refractivity contribution >= 4 is 11.8 Å². The van der Waals surface area contributed by atoms with Crippen LogP contribution in [0.3, 0.4) is 0 Å². The van der Waals surface area contributed by atoms with Gasteiger partial charge >= 0.3 is 0 Å². The number of carbonyl (C=O) groups excluding carboxylic acids is 1. The third kappa shape index (κ3) is 4.09. The SMILES string of the molecule is CCCC(CCN)C1(c2cc(F)cc(F)c2C)OC(c2cc(F)ccc2F)=NN1C(C)=O. The van der Waals surface area contributed by atoms with Crippen molar-refractivity contribution in [1.29, 1.82) is 0 Å². The van der Waals surface area contributed by atoms with Crippen LogP contribution < -0.4 is 5.73 Å². The van der Waals surface area contributed by atoms with Crippen molar-refractivity contribution in [3.05, 3.63) is 70.3 Å². The predicted molar refractivity (Wildman–Crippen MR) is 111 cm³/mol. The number of carbonyl (C=O) groups is 1. The van der Waals surface area contributed by atoms with E-state index >= 15 is 0 Å². The van der Waals surface area contributed by atoms with Crippen molar-refractivity contribution in [3.8, 4) is 0 Å². The van der Waals surface area contributed by atoms with Crippen LogP contribution in [0.2, 0.25) is 0 Å². The molecule has 0 saturated heterocycles. The lowest BCUT2D eigenvalue weighted by atomic mass is 9.80. The van der Waals surface area contributed by atoms with Gasteiger partial charge in [0.15, 0.2) is 0 Å². The molecule has 0 fully saturated rings. The number of nitrogens with zero attached hydrogens (tertiary/aromatic N) is 2. The number of ether oxygens (including phenoxy) is 1. The van der Waals surface area contributed by atoms with Gasteiger partial charge in [0.2, 0.25) is 17.5 Å². The summed E-state index contributed by atoms with van der Waals surface area (Å²) < 4.78 is 63.5. The molecule has 2 atom stereocenters. The molecule has 2 unspecified atom stereocenters. The molecule has 2 aromatic carbocycles. The molecule has 0 aliphatic carbocycles. The first-order valence-corrected chi connectivity index (χ1v) is 10.4. The minimum absolute atomic E-state index is 0.0349. The number of hydrazone groups is 1. The Labute approximate surface area is 183 Å². The maximum absolute atomic E-state index is 14.6. The summed E-state index contributed by atoms with van der Waals surface area (Å²) in [6.45, 7) is 4.74. The van der Waals surface area contributed by atoms with Crippen LogP contribution in [0.15, 0.2) is 35.4 Å². The zero-order chi connectivity index (χ0) is 23.6. The molecule has 1 aliphatic rings. The summed E-state index contributed by atoms with van der Waals surface area (Å²) in [5.41, 5.74) is 3.80. The van der Waals surface area contributed by atoms with Gasteiger partial charge in [0.05, 0.1) is 5.56 Å². The minimum Gasteiger partial charge on any atom is -0.443 e. The molecule has 32 heavy (non-hydrogen) atoms. The molecule has 9 heteroatoms. The summed E-state index contributed by atoms with van der Waals surface area (Å²) in [6.07, 6.45) is 1.43. The number of hydrogen-bond acceptors (Lipinski definition) is 4. The van der Waals surface area contributed by atoms with Crippen LogP contribution in [0.4, 0.5) is 17.6 Å². The highest BCUT2D eigenvalue weighted by atomic mass is 19.1. The fraction of sp³-hybridized carbons (Fsp3) is 0.391. The van der Waals surface area contributed by atoms with Gasteiger partial charge < -0.3 is 10.5 Å². The first-order chi connectivity index (χ1) is 15.1. The summed E-state index contributed by atoms with van der Waals surface area (Å²) in [5, 5.41) is 5.12. The Bertz CT molecular complexity index is 1050. The molecular formula is C23H25F4N3O2. The molecule has 3 rings (SSSR count). The molecule has 0 bridgehead atoms. The van der Waals surface area contributed by atoms with Crippen molar-refractivity contribution in [2.75, 3.05) is 6.54 Å². The fourth-order valence-corrected chi connectivity index (χ4v) is 4.20. The van der Waals surface area contributed by atoms with E-state index in [9.17, 15) is 22.4 Å². The highest BCUT2D eigenvalue weighted by Gasteiger charge is 2.55. The van der Waals surface area contributed by atoms with Gasteiger partial charge in [0, 0.05) is 24.5 Å². The fourth-order valence-electron chi connectivity index (χ4n) is 4.20. The monoisotopic (exact) mass is 451 g/mol. The molecular weight excluding hydrogens is 426 g/mol. The van der Waals surface area contributed by atoms with Crippen molar-refractivity contribution in [3.63, 3.8) is 0 Å². The second kappa shape index (κ2) is 9.28. The summed E-state index contributed by atoms with van der Waals surface area (Å²) in [4.78, 5) is 12.7. The number of benzene rings is 2. The second-order valence-corrected chi connectivity index (χ2v) is 7.78. The minimum atomic E-state index is -1.79. The smallest absolute Gasteiger partial charge is 0.244 e. The maximum atomic E-state index is 14.6. The Balaban J connectivity index is 2.31. The largest absolute Gasteiger partial charge is 0.443 e. The molecule has 0 radical (unpaired) electrons. The van der Waals surface area contributed by atoms with E-state index in [0.29, 0.717) is 19.3 Å². The zero-order valence-electron chi connectivity index (χ0n) is 18.1. The van der Waals surface area contributed by atoms with Gasteiger partial charge in [-0.15, -0.1) is 5.10 Å². The summed E-state index contributed by atoms with van der Waals surface area (Å²) >= 11 is 0. The van der Waals surface area contributed by atoms with Crippen molar-refractivity contribution in [1.82, 2.24) is 5.01 Å². The second-order valence-electron chi connectivity index (χ2n) is 7.78. The third-order valence-electron chi connectivity index (χ3n) is 5.62. The average Bonchev–Trinajstić information content (AvgIpc) is 3.14. The lowest BCUT2D eigenvalue weighted by Gasteiger charge is -2.42. The van der Waals surface area contributed by atoms with E-state index < -0.39 is 40.8 Å². The summed E-state index contributed by atoms with van der Waals surface area (Å²) in [6, 6.07) is 4.54. The van der Waals surface area contributed by atoms with Crippen LogP contribution in [0, 0.1) is 36.1 Å². The van der Waals surface area contributed by atoms with Gasteiger partial charge in [-0.05, 0) is 56.1 Å². The van der Waals surface area contributed by atoms with E-state index in [1.54, 1.807) is 0 Å². The standard InChI is InChI=1S/C23H25F4N3O2/c1-4-5-15(8-9-28)23(19-11-17(25)12-21(27)13(19)2)30(14(3)31)29-22(32-23)18-10-16(24)6-7-20(18)26/h6-7,10-12,15H,4-5,8-9,28H2,1-3H3. The van der Waals surface area contributed by atoms with Crippen LogP contribution in [0.5, 0.6) is 0 Å². The number of halogens is 4. The predicted octanol–water partition coefficient (Wildman–Crippen LogP) is 4.71. The van der Waals surface area contributed by atoms with E-state index in [2.05, 4.69) is 5.10 Å². The molecule has 1 aliphatic heterocycles. The average molecular weight is 451 g/mol. The van der Waals surface area contributed by atoms with Crippen LogP contribution in [0.1, 0.15) is 49.8 Å². The van der Waals surface area contributed by atoms with Crippen LogP contribution in [-0.2, 0) is 15.3 Å². The first-order valence-electron chi connectivity index (χ1n) is 10.4. The molecule has 172 valence electrons. The van der Waals surface area contributed by atoms with E-state index in [0.717, 1.165) is 35.3 Å².